The fraction of sp³-hybridized carbons (Fsp3) is 0.611. The van der Waals surface area contributed by atoms with Crippen molar-refractivity contribution in [1.82, 2.24) is 5.32 Å². The molecule has 0 bridgehead atoms. The number of aryl methyl sites for hydroxylation is 1. The first-order valence-corrected chi connectivity index (χ1v) is 9.24. The van der Waals surface area contributed by atoms with Crippen molar-refractivity contribution >= 4 is 23.2 Å². The predicted molar refractivity (Wildman–Crippen MR) is 90.7 cm³/mol. The molecule has 6 heteroatoms. The molecular formula is C18H22N2O3S. The van der Waals surface area contributed by atoms with Gasteiger partial charge in [-0.2, -0.15) is 5.26 Å². The fourth-order valence-corrected chi connectivity index (χ4v) is 4.32. The van der Waals surface area contributed by atoms with Crippen LogP contribution in [0.1, 0.15) is 53.2 Å². The molecule has 0 aromatic carbocycles. The lowest BCUT2D eigenvalue weighted by Crippen LogP contribution is -2.48. The van der Waals surface area contributed by atoms with Crippen LogP contribution in [0.3, 0.4) is 0 Å². The Labute approximate surface area is 146 Å². The minimum atomic E-state index is -0.859. The number of nitrogens with one attached hydrogen (secondary N) is 1. The van der Waals surface area contributed by atoms with Crippen LogP contribution in [-0.4, -0.2) is 24.0 Å². The summed E-state index contributed by atoms with van der Waals surface area (Å²) in [5, 5.41) is 11.9. The molecule has 1 amide bonds. The molecule has 0 aliphatic heterocycles. The van der Waals surface area contributed by atoms with Crippen molar-refractivity contribution in [1.29, 1.82) is 5.26 Å². The molecule has 0 radical (unpaired) electrons. The first kappa shape index (κ1) is 17.0. The second kappa shape index (κ2) is 6.56. The lowest BCUT2D eigenvalue weighted by atomic mass is 9.90. The van der Waals surface area contributed by atoms with Crippen molar-refractivity contribution in [3.05, 3.63) is 21.4 Å². The summed E-state index contributed by atoms with van der Waals surface area (Å²) in [5.41, 5.74) is 0.378. The predicted octanol–water partition coefficient (Wildman–Crippen LogP) is 2.84. The van der Waals surface area contributed by atoms with Gasteiger partial charge in [-0.1, -0.05) is 6.92 Å². The van der Waals surface area contributed by atoms with Gasteiger partial charge < -0.3 is 10.1 Å². The van der Waals surface area contributed by atoms with Gasteiger partial charge in [-0.05, 0) is 62.5 Å². The number of thiophene rings is 1. The van der Waals surface area contributed by atoms with Crippen molar-refractivity contribution < 1.29 is 14.3 Å². The Bertz CT molecular complexity index is 702. The number of carbonyl (C=O) groups excluding carboxylic acids is 2. The van der Waals surface area contributed by atoms with E-state index in [9.17, 15) is 14.9 Å². The Hall–Kier alpha value is -1.87. The van der Waals surface area contributed by atoms with Crippen LogP contribution >= 0.6 is 11.3 Å². The molecule has 1 aromatic rings. The number of amides is 1. The molecule has 1 aromatic heterocycles. The van der Waals surface area contributed by atoms with Gasteiger partial charge in [-0.3, -0.25) is 4.79 Å². The number of nitriles is 1. The van der Waals surface area contributed by atoms with Crippen molar-refractivity contribution in [2.24, 2.45) is 11.8 Å². The number of carbonyl (C=O) groups is 2. The summed E-state index contributed by atoms with van der Waals surface area (Å²) in [6, 6.07) is 4.06. The van der Waals surface area contributed by atoms with Crippen LogP contribution in [0.5, 0.6) is 0 Å². The lowest BCUT2D eigenvalue weighted by molar-refractivity contribution is -0.125. The maximum Gasteiger partial charge on any atom is 0.348 e. The monoisotopic (exact) mass is 346 g/mol. The molecule has 2 atom stereocenters. The number of fused-ring (bicyclic) bond motifs is 1. The molecule has 128 valence electrons. The highest BCUT2D eigenvalue weighted by Gasteiger charge is 2.43. The minimum absolute atomic E-state index is 0.202. The lowest BCUT2D eigenvalue weighted by Gasteiger charge is -2.22. The summed E-state index contributed by atoms with van der Waals surface area (Å²) in [4.78, 5) is 26.0. The number of rotatable bonds is 5. The molecule has 2 unspecified atom stereocenters. The van der Waals surface area contributed by atoms with Gasteiger partial charge in [0.15, 0.2) is 6.61 Å². The number of ether oxygens (including phenoxy) is 1. The van der Waals surface area contributed by atoms with E-state index in [0.717, 1.165) is 32.1 Å². The van der Waals surface area contributed by atoms with Crippen molar-refractivity contribution in [2.75, 3.05) is 6.61 Å². The minimum Gasteiger partial charge on any atom is -0.451 e. The average Bonchev–Trinajstić information content (AvgIpc) is 3.33. The van der Waals surface area contributed by atoms with E-state index in [2.05, 4.69) is 18.3 Å². The Kier molecular flexibility index (Phi) is 4.64. The smallest absolute Gasteiger partial charge is 0.348 e. The van der Waals surface area contributed by atoms with Gasteiger partial charge in [0.1, 0.15) is 10.4 Å². The molecule has 5 nitrogen and oxygen atoms in total. The first-order valence-electron chi connectivity index (χ1n) is 8.42. The standard InChI is InChI=1S/C18H22N2O3S/c1-11-3-6-14-12(7-11)8-15(24-14)17(22)23-9-16(21)20-18(2,10-19)13-4-5-13/h8,11,13H,3-7,9H2,1-2H3,(H,20,21). The summed E-state index contributed by atoms with van der Waals surface area (Å²) in [6.45, 7) is 3.59. The molecule has 3 rings (SSSR count). The molecule has 1 fully saturated rings. The van der Waals surface area contributed by atoms with Crippen molar-refractivity contribution in [3.63, 3.8) is 0 Å². The molecule has 0 saturated heterocycles. The van der Waals surface area contributed by atoms with Crippen LogP contribution in [0.25, 0.3) is 0 Å². The number of nitrogens with zero attached hydrogens (tertiary/aromatic N) is 1. The summed E-state index contributed by atoms with van der Waals surface area (Å²) < 4.78 is 5.14. The van der Waals surface area contributed by atoms with Gasteiger partial charge in [-0.15, -0.1) is 11.3 Å². The molecule has 2 aliphatic rings. The Morgan fingerprint density at radius 3 is 2.88 bits per heavy atom. The van der Waals surface area contributed by atoms with E-state index in [1.807, 2.05) is 6.07 Å². The molecule has 2 aliphatic carbocycles. The van der Waals surface area contributed by atoms with E-state index in [1.165, 1.54) is 21.8 Å². The topological polar surface area (TPSA) is 79.2 Å². The molecule has 1 N–H and O–H groups in total. The quantitative estimate of drug-likeness (QED) is 0.832. The van der Waals surface area contributed by atoms with E-state index < -0.39 is 17.4 Å². The number of esters is 1. The fourth-order valence-electron chi connectivity index (χ4n) is 3.22. The van der Waals surface area contributed by atoms with Crippen molar-refractivity contribution in [2.45, 2.75) is 51.5 Å². The Morgan fingerprint density at radius 2 is 2.21 bits per heavy atom. The van der Waals surface area contributed by atoms with Crippen LogP contribution in [0, 0.1) is 23.2 Å². The summed E-state index contributed by atoms with van der Waals surface area (Å²) in [7, 11) is 0. The van der Waals surface area contributed by atoms with Crippen LogP contribution < -0.4 is 5.32 Å². The van der Waals surface area contributed by atoms with Gasteiger partial charge in [0.05, 0.1) is 6.07 Å². The van der Waals surface area contributed by atoms with E-state index in [4.69, 9.17) is 4.74 Å². The van der Waals surface area contributed by atoms with E-state index in [1.54, 1.807) is 6.92 Å². The zero-order valence-corrected chi connectivity index (χ0v) is 14.9. The molecule has 0 spiro atoms. The third kappa shape index (κ3) is 3.62. The normalized spacial score (nSPS) is 22.0. The first-order chi connectivity index (χ1) is 11.4. The van der Waals surface area contributed by atoms with E-state index in [0.29, 0.717) is 10.8 Å². The van der Waals surface area contributed by atoms with Gasteiger partial charge in [0, 0.05) is 4.88 Å². The zero-order chi connectivity index (χ0) is 17.3. The number of hydrogen-bond donors (Lipinski definition) is 1. The van der Waals surface area contributed by atoms with Crippen LogP contribution in [0.2, 0.25) is 0 Å². The molecular weight excluding hydrogens is 324 g/mol. The molecule has 1 saturated carbocycles. The molecule has 24 heavy (non-hydrogen) atoms. The van der Waals surface area contributed by atoms with Gasteiger partial charge >= 0.3 is 5.97 Å². The third-order valence-corrected chi connectivity index (χ3v) is 6.11. The highest BCUT2D eigenvalue weighted by atomic mass is 32.1. The third-order valence-electron chi connectivity index (χ3n) is 4.89. The maximum absolute atomic E-state index is 12.2. The second-order valence-electron chi connectivity index (χ2n) is 7.12. The van der Waals surface area contributed by atoms with Gasteiger partial charge in [-0.25, -0.2) is 4.79 Å². The Morgan fingerprint density at radius 1 is 1.46 bits per heavy atom. The highest BCUT2D eigenvalue weighted by Crippen LogP contribution is 2.39. The largest absolute Gasteiger partial charge is 0.451 e. The Balaban J connectivity index is 1.54. The molecule has 1 heterocycles. The highest BCUT2D eigenvalue weighted by molar-refractivity contribution is 7.14. The van der Waals surface area contributed by atoms with Crippen LogP contribution in [-0.2, 0) is 22.4 Å². The van der Waals surface area contributed by atoms with Crippen molar-refractivity contribution in [3.8, 4) is 6.07 Å². The second-order valence-corrected chi connectivity index (χ2v) is 8.26. The van der Waals surface area contributed by atoms with Crippen LogP contribution in [0.15, 0.2) is 6.07 Å². The maximum atomic E-state index is 12.2. The van der Waals surface area contributed by atoms with Gasteiger partial charge in [0.25, 0.3) is 5.91 Å². The van der Waals surface area contributed by atoms with E-state index >= 15 is 0 Å². The SMILES string of the molecule is CC1CCc2sc(C(=O)OCC(=O)NC(C)(C#N)C3CC3)cc2C1. The van der Waals surface area contributed by atoms with Crippen LogP contribution in [0.4, 0.5) is 0 Å². The summed E-state index contributed by atoms with van der Waals surface area (Å²) in [6.07, 6.45) is 5.06. The summed E-state index contributed by atoms with van der Waals surface area (Å²) >= 11 is 1.47. The van der Waals surface area contributed by atoms with Gasteiger partial charge in [0.2, 0.25) is 0 Å². The zero-order valence-electron chi connectivity index (χ0n) is 14.1. The van der Waals surface area contributed by atoms with E-state index in [-0.39, 0.29) is 12.5 Å². The number of hydrogen-bond acceptors (Lipinski definition) is 5. The summed E-state index contributed by atoms with van der Waals surface area (Å²) in [5.74, 6) is -0.0301. The average molecular weight is 346 g/mol.